The summed E-state index contributed by atoms with van der Waals surface area (Å²) in [4.78, 5) is 21.8. The van der Waals surface area contributed by atoms with Crippen LogP contribution in [0.5, 0.6) is 0 Å². The van der Waals surface area contributed by atoms with E-state index in [1.807, 2.05) is 6.92 Å². The molecule has 0 saturated heterocycles. The van der Waals surface area contributed by atoms with Crippen LogP contribution in [0.2, 0.25) is 0 Å². The SMILES string of the molecule is CC(CCO)CCOC(=O)CCCCCCCCC(=O)O. The summed E-state index contributed by atoms with van der Waals surface area (Å²) < 4.78 is 5.14. The van der Waals surface area contributed by atoms with Crippen molar-refractivity contribution in [2.75, 3.05) is 13.2 Å². The van der Waals surface area contributed by atoms with Gasteiger partial charge in [-0.05, 0) is 31.6 Å². The van der Waals surface area contributed by atoms with E-state index in [-0.39, 0.29) is 19.0 Å². The molecule has 0 bridgehead atoms. The highest BCUT2D eigenvalue weighted by atomic mass is 16.5. The Morgan fingerprint density at radius 3 is 2.10 bits per heavy atom. The normalized spacial score (nSPS) is 12.1. The Kier molecular flexibility index (Phi) is 13.1. The zero-order valence-corrected chi connectivity index (χ0v) is 13.2. The van der Waals surface area contributed by atoms with Gasteiger partial charge in [-0.2, -0.15) is 0 Å². The molecule has 0 aliphatic heterocycles. The van der Waals surface area contributed by atoms with Crippen molar-refractivity contribution in [3.63, 3.8) is 0 Å². The zero-order valence-electron chi connectivity index (χ0n) is 13.2. The summed E-state index contributed by atoms with van der Waals surface area (Å²) in [6.07, 6.45) is 7.84. The number of rotatable bonds is 14. The predicted octanol–water partition coefficient (Wildman–Crippen LogP) is 3.14. The fourth-order valence-electron chi connectivity index (χ4n) is 2.06. The minimum absolute atomic E-state index is 0.142. The van der Waals surface area contributed by atoms with Gasteiger partial charge >= 0.3 is 11.9 Å². The number of aliphatic hydroxyl groups is 1. The van der Waals surface area contributed by atoms with Crippen molar-refractivity contribution in [1.82, 2.24) is 0 Å². The molecule has 0 heterocycles. The molecule has 0 rings (SSSR count). The Morgan fingerprint density at radius 2 is 1.52 bits per heavy atom. The van der Waals surface area contributed by atoms with Crippen molar-refractivity contribution in [2.45, 2.75) is 71.1 Å². The average Bonchev–Trinajstić information content (AvgIpc) is 2.41. The number of carbonyl (C=O) groups excluding carboxylic acids is 1. The number of carbonyl (C=O) groups is 2. The second-order valence-electron chi connectivity index (χ2n) is 5.64. The molecule has 0 aliphatic rings. The van der Waals surface area contributed by atoms with Gasteiger partial charge in [0, 0.05) is 19.4 Å². The van der Waals surface area contributed by atoms with Crippen LogP contribution < -0.4 is 0 Å². The number of hydrogen-bond acceptors (Lipinski definition) is 4. The number of carboxylic acids is 1. The first-order valence-electron chi connectivity index (χ1n) is 8.04. The second-order valence-corrected chi connectivity index (χ2v) is 5.64. The average molecular weight is 302 g/mol. The molecule has 5 heteroatoms. The van der Waals surface area contributed by atoms with Gasteiger partial charge in [-0.25, -0.2) is 0 Å². The van der Waals surface area contributed by atoms with Crippen molar-refractivity contribution in [3.8, 4) is 0 Å². The second kappa shape index (κ2) is 13.9. The predicted molar refractivity (Wildman–Crippen MR) is 81.0 cm³/mol. The molecule has 1 atom stereocenters. The lowest BCUT2D eigenvalue weighted by Gasteiger charge is -2.09. The van der Waals surface area contributed by atoms with Crippen molar-refractivity contribution >= 4 is 11.9 Å². The van der Waals surface area contributed by atoms with Crippen LogP contribution in [0.15, 0.2) is 0 Å². The third-order valence-electron chi connectivity index (χ3n) is 3.52. The van der Waals surface area contributed by atoms with Crippen LogP contribution in [0.3, 0.4) is 0 Å². The van der Waals surface area contributed by atoms with Gasteiger partial charge in [0.15, 0.2) is 0 Å². The van der Waals surface area contributed by atoms with Gasteiger partial charge in [0.1, 0.15) is 0 Å². The maximum atomic E-state index is 11.5. The number of ether oxygens (including phenoxy) is 1. The van der Waals surface area contributed by atoms with Crippen molar-refractivity contribution < 1.29 is 24.5 Å². The summed E-state index contributed by atoms with van der Waals surface area (Å²) in [5.41, 5.74) is 0. The Balaban J connectivity index is 3.28. The molecular weight excluding hydrogens is 272 g/mol. The Bertz CT molecular complexity index is 278. The Labute approximate surface area is 127 Å². The summed E-state index contributed by atoms with van der Waals surface area (Å²) in [5, 5.41) is 17.2. The topological polar surface area (TPSA) is 83.8 Å². The third kappa shape index (κ3) is 15.1. The molecule has 0 aromatic rings. The minimum atomic E-state index is -0.731. The smallest absolute Gasteiger partial charge is 0.305 e. The number of aliphatic carboxylic acids is 1. The molecule has 0 spiro atoms. The van der Waals surface area contributed by atoms with Gasteiger partial charge in [0.2, 0.25) is 0 Å². The maximum absolute atomic E-state index is 11.5. The molecule has 0 amide bonds. The largest absolute Gasteiger partial charge is 0.481 e. The van der Waals surface area contributed by atoms with E-state index in [0.717, 1.165) is 51.4 Å². The van der Waals surface area contributed by atoms with Gasteiger partial charge in [-0.15, -0.1) is 0 Å². The van der Waals surface area contributed by atoms with Gasteiger partial charge in [-0.3, -0.25) is 9.59 Å². The third-order valence-corrected chi connectivity index (χ3v) is 3.52. The van der Waals surface area contributed by atoms with Crippen LogP contribution in [0.4, 0.5) is 0 Å². The van der Waals surface area contributed by atoms with E-state index < -0.39 is 5.97 Å². The van der Waals surface area contributed by atoms with Crippen LogP contribution in [0.25, 0.3) is 0 Å². The first-order chi connectivity index (χ1) is 10.1. The summed E-state index contributed by atoms with van der Waals surface area (Å²) in [6.45, 7) is 2.66. The highest BCUT2D eigenvalue weighted by Crippen LogP contribution is 2.10. The fraction of sp³-hybridized carbons (Fsp3) is 0.875. The molecule has 0 saturated carbocycles. The van der Waals surface area contributed by atoms with Crippen molar-refractivity contribution in [1.29, 1.82) is 0 Å². The zero-order chi connectivity index (χ0) is 15.9. The number of esters is 1. The van der Waals surface area contributed by atoms with E-state index in [1.54, 1.807) is 0 Å². The van der Waals surface area contributed by atoms with E-state index in [4.69, 9.17) is 14.9 Å². The molecule has 0 aromatic carbocycles. The highest BCUT2D eigenvalue weighted by molar-refractivity contribution is 5.69. The van der Waals surface area contributed by atoms with E-state index in [9.17, 15) is 9.59 Å². The summed E-state index contributed by atoms with van der Waals surface area (Å²) >= 11 is 0. The molecular formula is C16H30O5. The number of hydrogen-bond donors (Lipinski definition) is 2. The van der Waals surface area contributed by atoms with Crippen molar-refractivity contribution in [3.05, 3.63) is 0 Å². The molecule has 0 aromatic heterocycles. The van der Waals surface area contributed by atoms with Crippen LogP contribution >= 0.6 is 0 Å². The van der Waals surface area contributed by atoms with Gasteiger partial charge in [0.05, 0.1) is 6.61 Å². The molecule has 0 fully saturated rings. The first-order valence-corrected chi connectivity index (χ1v) is 8.04. The summed E-state index contributed by atoms with van der Waals surface area (Å²) in [5.74, 6) is -0.489. The Hall–Kier alpha value is -1.10. The summed E-state index contributed by atoms with van der Waals surface area (Å²) in [6, 6.07) is 0. The van der Waals surface area contributed by atoms with Gasteiger partial charge < -0.3 is 14.9 Å². The fourth-order valence-corrected chi connectivity index (χ4v) is 2.06. The number of aliphatic hydroxyl groups excluding tert-OH is 1. The molecule has 124 valence electrons. The lowest BCUT2D eigenvalue weighted by molar-refractivity contribution is -0.144. The van der Waals surface area contributed by atoms with Crippen LogP contribution in [-0.2, 0) is 14.3 Å². The maximum Gasteiger partial charge on any atom is 0.305 e. The quantitative estimate of drug-likeness (QED) is 0.380. The monoisotopic (exact) mass is 302 g/mol. The van der Waals surface area contributed by atoms with Crippen molar-refractivity contribution in [2.24, 2.45) is 5.92 Å². The molecule has 0 radical (unpaired) electrons. The van der Waals surface area contributed by atoms with Gasteiger partial charge in [-0.1, -0.05) is 32.6 Å². The molecule has 1 unspecified atom stereocenters. The van der Waals surface area contributed by atoms with E-state index in [2.05, 4.69) is 0 Å². The van der Waals surface area contributed by atoms with Crippen LogP contribution in [0.1, 0.15) is 71.1 Å². The Morgan fingerprint density at radius 1 is 0.952 bits per heavy atom. The van der Waals surface area contributed by atoms with Crippen LogP contribution in [0, 0.1) is 5.92 Å². The molecule has 0 aliphatic carbocycles. The standard InChI is InChI=1S/C16H30O5/c1-14(10-12-17)11-13-21-16(20)9-7-5-3-2-4-6-8-15(18)19/h14,17H,2-13H2,1H3,(H,18,19). The van der Waals surface area contributed by atoms with E-state index in [1.165, 1.54) is 0 Å². The molecule has 2 N–H and O–H groups in total. The molecule has 21 heavy (non-hydrogen) atoms. The first kappa shape index (κ1) is 19.9. The lowest BCUT2D eigenvalue weighted by atomic mass is 10.1. The summed E-state index contributed by atoms with van der Waals surface area (Å²) in [7, 11) is 0. The van der Waals surface area contributed by atoms with E-state index in [0.29, 0.717) is 18.9 Å². The highest BCUT2D eigenvalue weighted by Gasteiger charge is 2.05. The molecule has 5 nitrogen and oxygen atoms in total. The van der Waals surface area contributed by atoms with Crippen LogP contribution in [-0.4, -0.2) is 35.4 Å². The van der Waals surface area contributed by atoms with Gasteiger partial charge in [0.25, 0.3) is 0 Å². The van der Waals surface area contributed by atoms with E-state index >= 15 is 0 Å². The number of unbranched alkanes of at least 4 members (excludes halogenated alkanes) is 5. The number of carboxylic acid groups (broad SMARTS) is 1. The lowest BCUT2D eigenvalue weighted by Crippen LogP contribution is -2.09. The minimum Gasteiger partial charge on any atom is -0.481 e.